The van der Waals surface area contributed by atoms with Crippen molar-refractivity contribution in [2.75, 3.05) is 6.61 Å². The van der Waals surface area contributed by atoms with E-state index in [1.54, 1.807) is 0 Å². The molecular weight excluding hydrogens is 100 g/mol. The second-order valence-corrected chi connectivity index (χ2v) is 3.07. The van der Waals surface area contributed by atoms with Crippen LogP contribution in [0.2, 0.25) is 0 Å². The van der Waals surface area contributed by atoms with Gasteiger partial charge in [-0.15, -0.1) is 0 Å². The van der Waals surface area contributed by atoms with E-state index in [0.717, 1.165) is 18.4 Å². The predicted octanol–water partition coefficient (Wildman–Crippen LogP) is 1.43. The summed E-state index contributed by atoms with van der Waals surface area (Å²) in [5.41, 5.74) is 0. The fraction of sp³-hybridized carbons (Fsp3) is 1.00. The van der Waals surface area contributed by atoms with Crippen LogP contribution < -0.4 is 0 Å². The summed E-state index contributed by atoms with van der Waals surface area (Å²) >= 11 is 0. The number of hydrogen-bond donors (Lipinski definition) is 0. The van der Waals surface area contributed by atoms with E-state index in [9.17, 15) is 0 Å². The molecule has 2 fully saturated rings. The SMILES string of the molecule is C[C@H]1CC2OCCC21. The Labute approximate surface area is 50.0 Å². The Kier molecular flexibility index (Phi) is 0.884. The van der Waals surface area contributed by atoms with Gasteiger partial charge >= 0.3 is 0 Å². The highest BCUT2D eigenvalue weighted by Crippen LogP contribution is 2.42. The summed E-state index contributed by atoms with van der Waals surface area (Å²) in [7, 11) is 0. The van der Waals surface area contributed by atoms with Gasteiger partial charge in [0.05, 0.1) is 6.10 Å². The number of ether oxygens (including phenoxy) is 1. The van der Waals surface area contributed by atoms with Gasteiger partial charge in [0.2, 0.25) is 0 Å². The van der Waals surface area contributed by atoms with Crippen molar-refractivity contribution in [3.63, 3.8) is 0 Å². The van der Waals surface area contributed by atoms with Crippen LogP contribution >= 0.6 is 0 Å². The lowest BCUT2D eigenvalue weighted by molar-refractivity contribution is -0.00444. The minimum Gasteiger partial charge on any atom is -0.378 e. The summed E-state index contributed by atoms with van der Waals surface area (Å²) in [6, 6.07) is 0. The summed E-state index contributed by atoms with van der Waals surface area (Å²) in [5.74, 6) is 1.90. The van der Waals surface area contributed by atoms with Gasteiger partial charge in [0.25, 0.3) is 0 Å². The van der Waals surface area contributed by atoms with E-state index in [1.807, 2.05) is 0 Å². The summed E-state index contributed by atoms with van der Waals surface area (Å²) in [4.78, 5) is 0. The average Bonchev–Trinajstić information content (AvgIpc) is 2.09. The molecule has 1 aliphatic carbocycles. The van der Waals surface area contributed by atoms with E-state index in [4.69, 9.17) is 4.74 Å². The zero-order chi connectivity index (χ0) is 5.56. The quantitative estimate of drug-likeness (QED) is 0.460. The van der Waals surface area contributed by atoms with E-state index >= 15 is 0 Å². The van der Waals surface area contributed by atoms with Crippen LogP contribution in [-0.2, 0) is 4.74 Å². The zero-order valence-corrected chi connectivity index (χ0v) is 5.26. The highest BCUT2D eigenvalue weighted by Gasteiger charge is 2.42. The van der Waals surface area contributed by atoms with Crippen LogP contribution in [-0.4, -0.2) is 12.7 Å². The molecule has 2 aliphatic rings. The van der Waals surface area contributed by atoms with Gasteiger partial charge in [0.1, 0.15) is 0 Å². The van der Waals surface area contributed by atoms with E-state index < -0.39 is 0 Å². The van der Waals surface area contributed by atoms with Crippen molar-refractivity contribution in [3.8, 4) is 0 Å². The highest BCUT2D eigenvalue weighted by atomic mass is 16.5. The van der Waals surface area contributed by atoms with Crippen molar-refractivity contribution in [2.24, 2.45) is 11.8 Å². The molecule has 0 N–H and O–H groups in total. The Balaban J connectivity index is 2.02. The molecule has 0 aromatic carbocycles. The fourth-order valence-corrected chi connectivity index (χ4v) is 1.90. The Morgan fingerprint density at radius 3 is 2.88 bits per heavy atom. The molecule has 0 aromatic heterocycles. The summed E-state index contributed by atoms with van der Waals surface area (Å²) < 4.78 is 5.42. The van der Waals surface area contributed by atoms with Crippen LogP contribution in [0.15, 0.2) is 0 Å². The van der Waals surface area contributed by atoms with Gasteiger partial charge < -0.3 is 4.74 Å². The molecule has 1 saturated heterocycles. The minimum absolute atomic E-state index is 0.671. The zero-order valence-electron chi connectivity index (χ0n) is 5.26. The molecule has 1 nitrogen and oxygen atoms in total. The monoisotopic (exact) mass is 112 g/mol. The van der Waals surface area contributed by atoms with Crippen molar-refractivity contribution in [3.05, 3.63) is 0 Å². The molecule has 0 amide bonds. The van der Waals surface area contributed by atoms with Crippen molar-refractivity contribution >= 4 is 0 Å². The molecule has 2 rings (SSSR count). The van der Waals surface area contributed by atoms with Crippen LogP contribution in [0.5, 0.6) is 0 Å². The Bertz CT molecular complexity index is 101. The molecule has 46 valence electrons. The van der Waals surface area contributed by atoms with E-state index in [0.29, 0.717) is 6.10 Å². The molecular formula is C7H12O. The Hall–Kier alpha value is -0.0400. The Morgan fingerprint density at radius 2 is 2.38 bits per heavy atom. The maximum atomic E-state index is 5.42. The first-order valence-corrected chi connectivity index (χ1v) is 3.49. The summed E-state index contributed by atoms with van der Waals surface area (Å²) in [5, 5.41) is 0. The van der Waals surface area contributed by atoms with Crippen molar-refractivity contribution in [2.45, 2.75) is 25.9 Å². The van der Waals surface area contributed by atoms with Crippen molar-refractivity contribution in [1.82, 2.24) is 0 Å². The lowest BCUT2D eigenvalue weighted by Gasteiger charge is -2.36. The van der Waals surface area contributed by atoms with Crippen LogP contribution in [0.3, 0.4) is 0 Å². The van der Waals surface area contributed by atoms with Crippen LogP contribution in [0.25, 0.3) is 0 Å². The van der Waals surface area contributed by atoms with Gasteiger partial charge in [-0.3, -0.25) is 0 Å². The lowest BCUT2D eigenvalue weighted by Crippen LogP contribution is -2.35. The largest absolute Gasteiger partial charge is 0.378 e. The van der Waals surface area contributed by atoms with Gasteiger partial charge in [-0.1, -0.05) is 6.92 Å². The molecule has 0 bridgehead atoms. The second kappa shape index (κ2) is 1.47. The van der Waals surface area contributed by atoms with Gasteiger partial charge in [0, 0.05) is 6.61 Å². The van der Waals surface area contributed by atoms with Crippen molar-refractivity contribution < 1.29 is 4.74 Å². The highest BCUT2D eigenvalue weighted by molar-refractivity contribution is 4.90. The minimum atomic E-state index is 0.671. The maximum Gasteiger partial charge on any atom is 0.0609 e. The average molecular weight is 112 g/mol. The number of hydrogen-bond acceptors (Lipinski definition) is 1. The van der Waals surface area contributed by atoms with Crippen molar-refractivity contribution in [1.29, 1.82) is 0 Å². The van der Waals surface area contributed by atoms with Crippen LogP contribution in [0, 0.1) is 11.8 Å². The Morgan fingerprint density at radius 1 is 1.50 bits per heavy atom. The fourth-order valence-electron chi connectivity index (χ4n) is 1.90. The molecule has 8 heavy (non-hydrogen) atoms. The lowest BCUT2D eigenvalue weighted by atomic mass is 9.72. The third kappa shape index (κ3) is 0.455. The third-order valence-electron chi connectivity index (χ3n) is 2.60. The smallest absolute Gasteiger partial charge is 0.0609 e. The van der Waals surface area contributed by atoms with Gasteiger partial charge in [-0.05, 0) is 24.7 Å². The van der Waals surface area contributed by atoms with Gasteiger partial charge in [-0.2, -0.15) is 0 Å². The normalized spacial score (nSPS) is 52.9. The third-order valence-corrected chi connectivity index (χ3v) is 2.60. The topological polar surface area (TPSA) is 9.23 Å². The second-order valence-electron chi connectivity index (χ2n) is 3.07. The molecule has 1 saturated carbocycles. The van der Waals surface area contributed by atoms with Crippen LogP contribution in [0.4, 0.5) is 0 Å². The molecule has 0 spiro atoms. The summed E-state index contributed by atoms with van der Waals surface area (Å²) in [6.07, 6.45) is 3.32. The molecule has 1 aliphatic heterocycles. The van der Waals surface area contributed by atoms with Gasteiger partial charge in [-0.25, -0.2) is 0 Å². The number of fused-ring (bicyclic) bond motifs is 1. The van der Waals surface area contributed by atoms with E-state index in [2.05, 4.69) is 6.92 Å². The molecule has 3 atom stereocenters. The van der Waals surface area contributed by atoms with E-state index in [1.165, 1.54) is 12.8 Å². The molecule has 1 heteroatoms. The first-order valence-electron chi connectivity index (χ1n) is 3.49. The standard InChI is InChI=1S/C7H12O/c1-5-4-7-6(5)2-3-8-7/h5-7H,2-4H2,1H3/t5-,6?,7?/m0/s1. The maximum absolute atomic E-state index is 5.42. The predicted molar refractivity (Wildman–Crippen MR) is 31.6 cm³/mol. The first-order chi connectivity index (χ1) is 3.88. The summed E-state index contributed by atoms with van der Waals surface area (Å²) in [6.45, 7) is 3.36. The molecule has 2 unspecified atom stereocenters. The van der Waals surface area contributed by atoms with Crippen LogP contribution in [0.1, 0.15) is 19.8 Å². The molecule has 1 heterocycles. The molecule has 0 aromatic rings. The van der Waals surface area contributed by atoms with E-state index in [-0.39, 0.29) is 0 Å². The number of rotatable bonds is 0. The van der Waals surface area contributed by atoms with Gasteiger partial charge in [0.15, 0.2) is 0 Å². The first kappa shape index (κ1) is 4.80. The molecule has 0 radical (unpaired) electrons.